The number of nitrogens with two attached hydrogens (primary N) is 1. The number of esters is 1. The first kappa shape index (κ1) is 11.5. The molecule has 14 heavy (non-hydrogen) atoms. The van der Waals surface area contributed by atoms with E-state index < -0.39 is 0 Å². The minimum absolute atomic E-state index is 0.00530. The van der Waals surface area contributed by atoms with E-state index in [-0.39, 0.29) is 11.4 Å². The van der Waals surface area contributed by atoms with Crippen LogP contribution in [0.5, 0.6) is 0 Å². The second-order valence-electron chi connectivity index (χ2n) is 4.47. The molecule has 0 aromatic heterocycles. The first-order valence-electron chi connectivity index (χ1n) is 5.41. The minimum atomic E-state index is -0.121. The van der Waals surface area contributed by atoms with E-state index in [9.17, 15) is 4.79 Å². The van der Waals surface area contributed by atoms with Crippen LogP contribution in [0, 0.1) is 11.3 Å². The summed E-state index contributed by atoms with van der Waals surface area (Å²) in [4.78, 5) is 11.3. The maximum atomic E-state index is 11.3. The number of carbonyl (C=O) groups is 1. The molecule has 3 nitrogen and oxygen atoms in total. The van der Waals surface area contributed by atoms with Crippen LogP contribution in [0.15, 0.2) is 0 Å². The SMILES string of the molecule is COC(=O)CC1(CN)CCCCC1C. The lowest BCUT2D eigenvalue weighted by Gasteiger charge is -2.41. The van der Waals surface area contributed by atoms with Crippen molar-refractivity contribution in [3.63, 3.8) is 0 Å². The minimum Gasteiger partial charge on any atom is -0.469 e. The van der Waals surface area contributed by atoms with Crippen molar-refractivity contribution in [3.8, 4) is 0 Å². The van der Waals surface area contributed by atoms with Crippen LogP contribution in [0.4, 0.5) is 0 Å². The Balaban J connectivity index is 2.67. The van der Waals surface area contributed by atoms with Crippen molar-refractivity contribution in [1.29, 1.82) is 0 Å². The molecule has 0 heterocycles. The fourth-order valence-electron chi connectivity index (χ4n) is 2.48. The molecule has 2 unspecified atom stereocenters. The zero-order valence-corrected chi connectivity index (χ0v) is 9.21. The summed E-state index contributed by atoms with van der Waals surface area (Å²) in [5, 5.41) is 0. The second kappa shape index (κ2) is 4.78. The van der Waals surface area contributed by atoms with Gasteiger partial charge in [0.1, 0.15) is 0 Å². The van der Waals surface area contributed by atoms with Crippen LogP contribution in [-0.4, -0.2) is 19.6 Å². The third-order valence-electron chi connectivity index (χ3n) is 3.74. The molecule has 82 valence electrons. The normalized spacial score (nSPS) is 32.6. The Morgan fingerprint density at radius 3 is 2.79 bits per heavy atom. The van der Waals surface area contributed by atoms with Gasteiger partial charge in [0.25, 0.3) is 0 Å². The molecule has 3 heteroatoms. The highest BCUT2D eigenvalue weighted by Crippen LogP contribution is 2.43. The van der Waals surface area contributed by atoms with Gasteiger partial charge in [0.15, 0.2) is 0 Å². The van der Waals surface area contributed by atoms with Gasteiger partial charge in [0.2, 0.25) is 0 Å². The summed E-state index contributed by atoms with van der Waals surface area (Å²) in [5.74, 6) is 0.421. The fraction of sp³-hybridized carbons (Fsp3) is 0.909. The second-order valence-corrected chi connectivity index (χ2v) is 4.47. The standard InChI is InChI=1S/C11H21NO2/c1-9-5-3-4-6-11(9,8-12)7-10(13)14-2/h9H,3-8,12H2,1-2H3. The smallest absolute Gasteiger partial charge is 0.306 e. The molecule has 2 N–H and O–H groups in total. The molecule has 1 fully saturated rings. The molecule has 0 radical (unpaired) electrons. The summed E-state index contributed by atoms with van der Waals surface area (Å²) in [7, 11) is 1.44. The molecule has 2 atom stereocenters. The van der Waals surface area contributed by atoms with Gasteiger partial charge in [0, 0.05) is 0 Å². The Kier molecular flexibility index (Phi) is 3.93. The van der Waals surface area contributed by atoms with Gasteiger partial charge in [-0.2, -0.15) is 0 Å². The van der Waals surface area contributed by atoms with Crippen LogP contribution >= 0.6 is 0 Å². The van der Waals surface area contributed by atoms with Crippen LogP contribution in [0.25, 0.3) is 0 Å². The largest absolute Gasteiger partial charge is 0.469 e. The highest BCUT2D eigenvalue weighted by molar-refractivity contribution is 5.70. The summed E-state index contributed by atoms with van der Waals surface area (Å²) in [6, 6.07) is 0. The Morgan fingerprint density at radius 2 is 2.29 bits per heavy atom. The monoisotopic (exact) mass is 199 g/mol. The summed E-state index contributed by atoms with van der Waals surface area (Å²) in [6.45, 7) is 2.80. The van der Waals surface area contributed by atoms with E-state index in [1.165, 1.54) is 26.4 Å². The molecular formula is C11H21NO2. The van der Waals surface area contributed by atoms with Crippen molar-refractivity contribution in [2.24, 2.45) is 17.1 Å². The van der Waals surface area contributed by atoms with Crippen molar-refractivity contribution in [1.82, 2.24) is 0 Å². The third kappa shape index (κ3) is 2.27. The third-order valence-corrected chi connectivity index (χ3v) is 3.74. The van der Waals surface area contributed by atoms with Crippen LogP contribution < -0.4 is 5.73 Å². The lowest BCUT2D eigenvalue weighted by molar-refractivity contribution is -0.144. The van der Waals surface area contributed by atoms with E-state index in [1.807, 2.05) is 0 Å². The van der Waals surface area contributed by atoms with Gasteiger partial charge in [-0.1, -0.05) is 26.2 Å². The van der Waals surface area contributed by atoms with Gasteiger partial charge in [-0.3, -0.25) is 4.79 Å². The first-order chi connectivity index (χ1) is 6.64. The van der Waals surface area contributed by atoms with E-state index in [1.54, 1.807) is 0 Å². The molecule has 0 aliphatic heterocycles. The van der Waals surface area contributed by atoms with Crippen molar-refractivity contribution in [2.45, 2.75) is 39.0 Å². The van der Waals surface area contributed by atoms with E-state index in [4.69, 9.17) is 10.5 Å². The van der Waals surface area contributed by atoms with Gasteiger partial charge < -0.3 is 10.5 Å². The summed E-state index contributed by atoms with van der Waals surface area (Å²) < 4.78 is 4.73. The molecule has 0 bridgehead atoms. The van der Waals surface area contributed by atoms with Gasteiger partial charge in [-0.25, -0.2) is 0 Å². The van der Waals surface area contributed by atoms with Gasteiger partial charge in [-0.15, -0.1) is 0 Å². The predicted molar refractivity (Wildman–Crippen MR) is 55.8 cm³/mol. The number of hydrogen-bond acceptors (Lipinski definition) is 3. The Labute approximate surface area is 86.0 Å². The maximum absolute atomic E-state index is 11.3. The van der Waals surface area contributed by atoms with Gasteiger partial charge >= 0.3 is 5.97 Å². The number of ether oxygens (including phenoxy) is 1. The molecule has 0 saturated heterocycles. The molecular weight excluding hydrogens is 178 g/mol. The Morgan fingerprint density at radius 1 is 1.57 bits per heavy atom. The van der Waals surface area contributed by atoms with Gasteiger partial charge in [0.05, 0.1) is 13.5 Å². The van der Waals surface area contributed by atoms with Gasteiger partial charge in [-0.05, 0) is 24.3 Å². The average Bonchev–Trinajstić information content (AvgIpc) is 2.21. The molecule has 1 aliphatic rings. The number of rotatable bonds is 3. The van der Waals surface area contributed by atoms with E-state index >= 15 is 0 Å². The topological polar surface area (TPSA) is 52.3 Å². The van der Waals surface area contributed by atoms with E-state index in [0.717, 1.165) is 6.42 Å². The number of methoxy groups -OCH3 is 1. The van der Waals surface area contributed by atoms with Crippen molar-refractivity contribution >= 4 is 5.97 Å². The molecule has 0 aromatic carbocycles. The highest BCUT2D eigenvalue weighted by Gasteiger charge is 2.38. The molecule has 1 aliphatic carbocycles. The predicted octanol–water partition coefficient (Wildman–Crippen LogP) is 1.70. The lowest BCUT2D eigenvalue weighted by atomic mass is 9.65. The van der Waals surface area contributed by atoms with E-state index in [2.05, 4.69) is 6.92 Å². The molecule has 1 rings (SSSR count). The summed E-state index contributed by atoms with van der Waals surface area (Å²) in [6.07, 6.45) is 5.21. The molecule has 1 saturated carbocycles. The molecule has 0 spiro atoms. The van der Waals surface area contributed by atoms with Crippen LogP contribution in [0.1, 0.15) is 39.0 Å². The Hall–Kier alpha value is -0.570. The molecule has 0 aromatic rings. The fourth-order valence-corrected chi connectivity index (χ4v) is 2.48. The van der Waals surface area contributed by atoms with Crippen molar-refractivity contribution in [3.05, 3.63) is 0 Å². The van der Waals surface area contributed by atoms with Crippen molar-refractivity contribution in [2.75, 3.05) is 13.7 Å². The van der Waals surface area contributed by atoms with E-state index in [0.29, 0.717) is 18.9 Å². The van der Waals surface area contributed by atoms with Crippen LogP contribution in [0.2, 0.25) is 0 Å². The average molecular weight is 199 g/mol. The quantitative estimate of drug-likeness (QED) is 0.704. The lowest BCUT2D eigenvalue weighted by Crippen LogP contribution is -2.41. The summed E-state index contributed by atoms with van der Waals surface area (Å²) in [5.41, 5.74) is 5.83. The van der Waals surface area contributed by atoms with Crippen LogP contribution in [0.3, 0.4) is 0 Å². The number of hydrogen-bond donors (Lipinski definition) is 1. The first-order valence-corrected chi connectivity index (χ1v) is 5.41. The summed E-state index contributed by atoms with van der Waals surface area (Å²) >= 11 is 0. The zero-order chi connectivity index (χ0) is 10.6. The number of carbonyl (C=O) groups excluding carboxylic acids is 1. The molecule has 0 amide bonds. The van der Waals surface area contributed by atoms with Crippen molar-refractivity contribution < 1.29 is 9.53 Å². The Bertz CT molecular complexity index is 205. The highest BCUT2D eigenvalue weighted by atomic mass is 16.5. The van der Waals surface area contributed by atoms with Crippen LogP contribution in [-0.2, 0) is 9.53 Å². The zero-order valence-electron chi connectivity index (χ0n) is 9.21. The maximum Gasteiger partial charge on any atom is 0.306 e.